The van der Waals surface area contributed by atoms with Gasteiger partial charge < -0.3 is 24.8 Å². The topological polar surface area (TPSA) is 103 Å². The standard InChI is InChI=1S/C14H20N2O5/c1-8-3-4-16(7-12(8)17)14(20)15-6-10-5-11(13(18)19)9(2)21-10/h5,8,12,17H,3-4,6-7H2,1-2H3,(H,15,20)(H,18,19). The quantitative estimate of drug-likeness (QED) is 0.777. The van der Waals surface area contributed by atoms with E-state index in [0.717, 1.165) is 6.42 Å². The first-order valence-corrected chi connectivity index (χ1v) is 6.92. The monoisotopic (exact) mass is 296 g/mol. The van der Waals surface area contributed by atoms with Crippen LogP contribution in [0.2, 0.25) is 0 Å². The van der Waals surface area contributed by atoms with Crippen LogP contribution in [0.5, 0.6) is 0 Å². The number of carboxylic acids is 1. The summed E-state index contributed by atoms with van der Waals surface area (Å²) in [7, 11) is 0. The molecule has 7 heteroatoms. The summed E-state index contributed by atoms with van der Waals surface area (Å²) >= 11 is 0. The number of piperidine rings is 1. The van der Waals surface area contributed by atoms with Gasteiger partial charge in [-0.1, -0.05) is 6.92 Å². The van der Waals surface area contributed by atoms with Gasteiger partial charge in [-0.25, -0.2) is 9.59 Å². The van der Waals surface area contributed by atoms with Crippen LogP contribution in [0.1, 0.15) is 35.2 Å². The van der Waals surface area contributed by atoms with E-state index >= 15 is 0 Å². The van der Waals surface area contributed by atoms with E-state index in [4.69, 9.17) is 9.52 Å². The highest BCUT2D eigenvalue weighted by Gasteiger charge is 2.27. The Labute approximate surface area is 122 Å². The number of amides is 2. The summed E-state index contributed by atoms with van der Waals surface area (Å²) in [6.07, 6.45) is 0.256. The van der Waals surface area contributed by atoms with Gasteiger partial charge >= 0.3 is 12.0 Å². The van der Waals surface area contributed by atoms with Gasteiger partial charge in [-0.2, -0.15) is 0 Å². The number of carbonyl (C=O) groups excluding carboxylic acids is 1. The number of carbonyl (C=O) groups is 2. The fraction of sp³-hybridized carbons (Fsp3) is 0.571. The number of aromatic carboxylic acids is 1. The van der Waals surface area contributed by atoms with E-state index in [1.165, 1.54) is 6.07 Å². The molecule has 2 unspecified atom stereocenters. The van der Waals surface area contributed by atoms with E-state index in [2.05, 4.69) is 5.32 Å². The van der Waals surface area contributed by atoms with Crippen molar-refractivity contribution in [3.8, 4) is 0 Å². The molecule has 1 saturated heterocycles. The first-order valence-electron chi connectivity index (χ1n) is 6.92. The van der Waals surface area contributed by atoms with E-state index in [0.29, 0.717) is 24.6 Å². The van der Waals surface area contributed by atoms with Crippen LogP contribution in [-0.4, -0.2) is 46.3 Å². The first kappa shape index (κ1) is 15.4. The minimum absolute atomic E-state index is 0.0986. The number of hydrogen-bond acceptors (Lipinski definition) is 4. The lowest BCUT2D eigenvalue weighted by Crippen LogP contribution is -2.49. The van der Waals surface area contributed by atoms with E-state index in [1.807, 2.05) is 6.92 Å². The highest BCUT2D eigenvalue weighted by atomic mass is 16.4. The molecule has 21 heavy (non-hydrogen) atoms. The van der Waals surface area contributed by atoms with E-state index in [9.17, 15) is 14.7 Å². The van der Waals surface area contributed by atoms with Crippen molar-refractivity contribution in [1.82, 2.24) is 10.2 Å². The minimum Gasteiger partial charge on any atom is -0.478 e. The molecule has 2 heterocycles. The summed E-state index contributed by atoms with van der Waals surface area (Å²) in [6, 6.07) is 1.12. The van der Waals surface area contributed by atoms with Crippen molar-refractivity contribution in [3.63, 3.8) is 0 Å². The Morgan fingerprint density at radius 1 is 1.52 bits per heavy atom. The summed E-state index contributed by atoms with van der Waals surface area (Å²) in [5.41, 5.74) is 0.0986. The van der Waals surface area contributed by atoms with Gasteiger partial charge in [-0.3, -0.25) is 0 Å². The third-order valence-corrected chi connectivity index (χ3v) is 3.82. The van der Waals surface area contributed by atoms with Crippen LogP contribution in [0.15, 0.2) is 10.5 Å². The Bertz CT molecular complexity index is 539. The average Bonchev–Trinajstić information content (AvgIpc) is 2.80. The summed E-state index contributed by atoms with van der Waals surface area (Å²) in [4.78, 5) is 24.5. The number of nitrogens with zero attached hydrogens (tertiary/aromatic N) is 1. The van der Waals surface area contributed by atoms with Crippen molar-refractivity contribution in [2.24, 2.45) is 5.92 Å². The van der Waals surface area contributed by atoms with Crippen molar-refractivity contribution < 1.29 is 24.2 Å². The highest BCUT2D eigenvalue weighted by molar-refractivity contribution is 5.88. The maximum absolute atomic E-state index is 12.0. The molecule has 1 aromatic heterocycles. The Hall–Kier alpha value is -2.02. The van der Waals surface area contributed by atoms with Crippen LogP contribution < -0.4 is 5.32 Å². The lowest BCUT2D eigenvalue weighted by Gasteiger charge is -2.34. The second-order valence-corrected chi connectivity index (χ2v) is 5.43. The van der Waals surface area contributed by atoms with Crippen molar-refractivity contribution in [3.05, 3.63) is 23.2 Å². The number of aryl methyl sites for hydroxylation is 1. The molecule has 0 aliphatic carbocycles. The second kappa shape index (κ2) is 6.17. The molecule has 0 saturated carbocycles. The third kappa shape index (κ3) is 3.55. The zero-order valence-corrected chi connectivity index (χ0v) is 12.1. The molecule has 7 nitrogen and oxygen atoms in total. The molecule has 1 aromatic rings. The SMILES string of the molecule is Cc1oc(CNC(=O)N2CCC(C)C(O)C2)cc1C(=O)O. The first-order chi connectivity index (χ1) is 9.88. The molecule has 0 radical (unpaired) electrons. The van der Waals surface area contributed by atoms with Crippen LogP contribution in [0.3, 0.4) is 0 Å². The van der Waals surface area contributed by atoms with Crippen molar-refractivity contribution in [1.29, 1.82) is 0 Å². The fourth-order valence-corrected chi connectivity index (χ4v) is 2.35. The molecule has 0 bridgehead atoms. The van der Waals surface area contributed by atoms with Gasteiger partial charge in [0.05, 0.1) is 12.6 Å². The molecule has 2 amide bonds. The Morgan fingerprint density at radius 3 is 2.81 bits per heavy atom. The highest BCUT2D eigenvalue weighted by Crippen LogP contribution is 2.17. The molecule has 1 aliphatic heterocycles. The molecule has 1 fully saturated rings. The molecule has 2 rings (SSSR count). The minimum atomic E-state index is -1.05. The molecular weight excluding hydrogens is 276 g/mol. The fourth-order valence-electron chi connectivity index (χ4n) is 2.35. The number of aliphatic hydroxyl groups is 1. The average molecular weight is 296 g/mol. The van der Waals surface area contributed by atoms with Gasteiger partial charge in [0.2, 0.25) is 0 Å². The Balaban J connectivity index is 1.89. The molecule has 2 atom stereocenters. The molecule has 3 N–H and O–H groups in total. The molecule has 0 aromatic carbocycles. The maximum atomic E-state index is 12.0. The lowest BCUT2D eigenvalue weighted by molar-refractivity contribution is 0.0434. The van der Waals surface area contributed by atoms with Crippen LogP contribution in [-0.2, 0) is 6.54 Å². The van der Waals surface area contributed by atoms with Crippen LogP contribution in [0, 0.1) is 12.8 Å². The number of likely N-dealkylation sites (tertiary alicyclic amines) is 1. The predicted octanol–water partition coefficient (Wildman–Crippen LogP) is 1.20. The largest absolute Gasteiger partial charge is 0.478 e. The van der Waals surface area contributed by atoms with Gasteiger partial charge in [0, 0.05) is 13.1 Å². The number of aliphatic hydroxyl groups excluding tert-OH is 1. The van der Waals surface area contributed by atoms with E-state index < -0.39 is 12.1 Å². The van der Waals surface area contributed by atoms with Gasteiger partial charge in [-0.15, -0.1) is 0 Å². The number of furan rings is 1. The van der Waals surface area contributed by atoms with Crippen LogP contribution in [0.4, 0.5) is 4.79 Å². The number of β-amino-alcohol motifs (C(OH)–C–C–N with tert-alkyl or cyclic N) is 1. The summed E-state index contributed by atoms with van der Waals surface area (Å²) in [5.74, 6) is -0.153. The number of hydrogen-bond donors (Lipinski definition) is 3. The molecular formula is C14H20N2O5. The normalized spacial score (nSPS) is 22.1. The Kier molecular flexibility index (Phi) is 4.52. The van der Waals surface area contributed by atoms with E-state index in [-0.39, 0.29) is 24.1 Å². The summed E-state index contributed by atoms with van der Waals surface area (Å²) in [5, 5.41) is 21.4. The zero-order valence-electron chi connectivity index (χ0n) is 12.1. The molecule has 116 valence electrons. The summed E-state index contributed by atoms with van der Waals surface area (Å²) < 4.78 is 5.29. The third-order valence-electron chi connectivity index (χ3n) is 3.82. The molecule has 0 spiro atoms. The zero-order chi connectivity index (χ0) is 15.6. The number of carboxylic acid groups (broad SMARTS) is 1. The van der Waals surface area contributed by atoms with Crippen molar-refractivity contribution in [2.75, 3.05) is 13.1 Å². The number of urea groups is 1. The smallest absolute Gasteiger partial charge is 0.339 e. The lowest BCUT2D eigenvalue weighted by atomic mass is 9.96. The second-order valence-electron chi connectivity index (χ2n) is 5.43. The van der Waals surface area contributed by atoms with Crippen molar-refractivity contribution in [2.45, 2.75) is 32.9 Å². The van der Waals surface area contributed by atoms with Crippen LogP contribution >= 0.6 is 0 Å². The van der Waals surface area contributed by atoms with Gasteiger partial charge in [0.1, 0.15) is 17.1 Å². The number of rotatable bonds is 3. The summed E-state index contributed by atoms with van der Waals surface area (Å²) in [6.45, 7) is 4.55. The van der Waals surface area contributed by atoms with E-state index in [1.54, 1.807) is 11.8 Å². The maximum Gasteiger partial charge on any atom is 0.339 e. The van der Waals surface area contributed by atoms with Gasteiger partial charge in [-0.05, 0) is 25.3 Å². The van der Waals surface area contributed by atoms with Gasteiger partial charge in [0.15, 0.2) is 0 Å². The Morgan fingerprint density at radius 2 is 2.24 bits per heavy atom. The molecule has 1 aliphatic rings. The number of nitrogens with one attached hydrogen (secondary N) is 1. The predicted molar refractivity (Wildman–Crippen MR) is 74.0 cm³/mol. The van der Waals surface area contributed by atoms with Gasteiger partial charge in [0.25, 0.3) is 0 Å². The van der Waals surface area contributed by atoms with Crippen molar-refractivity contribution >= 4 is 12.0 Å². The van der Waals surface area contributed by atoms with Crippen LogP contribution in [0.25, 0.3) is 0 Å².